The van der Waals surface area contributed by atoms with Gasteiger partial charge in [-0.15, -0.1) is 0 Å². The highest BCUT2D eigenvalue weighted by molar-refractivity contribution is 5.95. The van der Waals surface area contributed by atoms with Gasteiger partial charge in [0.05, 0.1) is 11.5 Å². The zero-order valence-corrected chi connectivity index (χ0v) is 7.12. The number of fused-ring (bicyclic) bond motifs is 1. The lowest BCUT2D eigenvalue weighted by molar-refractivity contribution is -0.122. The van der Waals surface area contributed by atoms with Gasteiger partial charge in [-0.3, -0.25) is 4.79 Å². The number of carbonyl (C=O) groups excluding carboxylic acids is 1. The molecule has 2 heteroatoms. The molecule has 2 atom stereocenters. The van der Waals surface area contributed by atoms with Crippen LogP contribution < -0.4 is 0 Å². The van der Waals surface area contributed by atoms with E-state index in [0.29, 0.717) is 0 Å². The van der Waals surface area contributed by atoms with Crippen molar-refractivity contribution in [2.75, 3.05) is 0 Å². The summed E-state index contributed by atoms with van der Waals surface area (Å²) >= 11 is 0. The highest BCUT2D eigenvalue weighted by Gasteiger charge is 2.42. The molecule has 2 rings (SSSR count). The molecule has 2 nitrogen and oxygen atoms in total. The van der Waals surface area contributed by atoms with E-state index in [1.807, 2.05) is 0 Å². The van der Waals surface area contributed by atoms with Crippen molar-refractivity contribution in [1.82, 2.24) is 0 Å². The Labute approximate surface area is 72.3 Å². The van der Waals surface area contributed by atoms with E-state index in [-0.39, 0.29) is 11.7 Å². The Bertz CT molecular complexity index is 232. The molecule has 0 bridgehead atoms. The van der Waals surface area contributed by atoms with E-state index in [9.17, 15) is 9.90 Å². The molecule has 2 aliphatic carbocycles. The summed E-state index contributed by atoms with van der Waals surface area (Å²) in [5.41, 5.74) is -0.784. The molecule has 1 saturated carbocycles. The van der Waals surface area contributed by atoms with Gasteiger partial charge in [-0.05, 0) is 25.0 Å². The fourth-order valence-electron chi connectivity index (χ4n) is 2.29. The Morgan fingerprint density at radius 3 is 3.08 bits per heavy atom. The van der Waals surface area contributed by atoms with Gasteiger partial charge in [0, 0.05) is 0 Å². The summed E-state index contributed by atoms with van der Waals surface area (Å²) in [7, 11) is 0. The van der Waals surface area contributed by atoms with Crippen LogP contribution in [0.25, 0.3) is 0 Å². The SMILES string of the molecule is O=C1C=CC2(O)CCCCCC12. The van der Waals surface area contributed by atoms with Gasteiger partial charge < -0.3 is 5.11 Å². The van der Waals surface area contributed by atoms with Crippen LogP contribution in [0.4, 0.5) is 0 Å². The van der Waals surface area contributed by atoms with Crippen LogP contribution in [0.2, 0.25) is 0 Å². The third kappa shape index (κ3) is 1.11. The smallest absolute Gasteiger partial charge is 0.161 e. The minimum absolute atomic E-state index is 0.124. The second-order valence-electron chi connectivity index (χ2n) is 3.88. The molecule has 0 saturated heterocycles. The number of ketones is 1. The second-order valence-corrected chi connectivity index (χ2v) is 3.88. The van der Waals surface area contributed by atoms with Crippen LogP contribution in [0.5, 0.6) is 0 Å². The van der Waals surface area contributed by atoms with Crippen LogP contribution in [-0.4, -0.2) is 16.5 Å². The molecule has 0 aromatic rings. The van der Waals surface area contributed by atoms with Crippen LogP contribution >= 0.6 is 0 Å². The lowest BCUT2D eigenvalue weighted by atomic mass is 9.86. The van der Waals surface area contributed by atoms with E-state index in [1.54, 1.807) is 12.2 Å². The van der Waals surface area contributed by atoms with Gasteiger partial charge in [-0.2, -0.15) is 0 Å². The number of allylic oxidation sites excluding steroid dienone is 1. The second kappa shape index (κ2) is 2.70. The van der Waals surface area contributed by atoms with Crippen molar-refractivity contribution in [3.8, 4) is 0 Å². The first kappa shape index (κ1) is 7.99. The first-order valence-corrected chi connectivity index (χ1v) is 4.68. The summed E-state index contributed by atoms with van der Waals surface area (Å²) in [4.78, 5) is 11.3. The minimum atomic E-state index is -0.784. The highest BCUT2D eigenvalue weighted by Crippen LogP contribution is 2.37. The quantitative estimate of drug-likeness (QED) is 0.591. The summed E-state index contributed by atoms with van der Waals surface area (Å²) in [6.45, 7) is 0. The topological polar surface area (TPSA) is 37.3 Å². The van der Waals surface area contributed by atoms with E-state index in [2.05, 4.69) is 0 Å². The predicted molar refractivity (Wildman–Crippen MR) is 45.7 cm³/mol. The standard InChI is InChI=1S/C10H14O2/c11-9-5-7-10(12)6-3-1-2-4-8(9)10/h5,7-8,12H,1-4,6H2. The number of rotatable bonds is 0. The van der Waals surface area contributed by atoms with Crippen LogP contribution in [0.15, 0.2) is 12.2 Å². The number of hydrogen-bond donors (Lipinski definition) is 1. The lowest BCUT2D eigenvalue weighted by Crippen LogP contribution is -2.34. The van der Waals surface area contributed by atoms with Crippen molar-refractivity contribution in [2.24, 2.45) is 5.92 Å². The average molecular weight is 166 g/mol. The molecule has 1 fully saturated rings. The third-order valence-corrected chi connectivity index (χ3v) is 3.05. The molecule has 0 heterocycles. The van der Waals surface area contributed by atoms with Crippen LogP contribution in [0, 0.1) is 5.92 Å². The molecule has 0 aromatic heterocycles. The van der Waals surface area contributed by atoms with Gasteiger partial charge in [-0.25, -0.2) is 0 Å². The normalized spacial score (nSPS) is 41.1. The Balaban J connectivity index is 2.24. The van der Waals surface area contributed by atoms with E-state index < -0.39 is 5.60 Å². The maximum Gasteiger partial charge on any atom is 0.161 e. The number of carbonyl (C=O) groups is 1. The first-order valence-electron chi connectivity index (χ1n) is 4.68. The highest BCUT2D eigenvalue weighted by atomic mass is 16.3. The Morgan fingerprint density at radius 1 is 1.42 bits per heavy atom. The van der Waals surface area contributed by atoms with E-state index >= 15 is 0 Å². The maximum absolute atomic E-state index is 11.3. The summed E-state index contributed by atoms with van der Waals surface area (Å²) in [5.74, 6) is -0.000556. The summed E-state index contributed by atoms with van der Waals surface area (Å²) in [5, 5.41) is 10.1. The van der Waals surface area contributed by atoms with Gasteiger partial charge in [0.1, 0.15) is 0 Å². The Kier molecular flexibility index (Phi) is 1.80. The van der Waals surface area contributed by atoms with Crippen molar-refractivity contribution in [1.29, 1.82) is 0 Å². The maximum atomic E-state index is 11.3. The number of aliphatic hydroxyl groups is 1. The van der Waals surface area contributed by atoms with Gasteiger partial charge in [0.25, 0.3) is 0 Å². The van der Waals surface area contributed by atoms with Gasteiger partial charge in [0.15, 0.2) is 5.78 Å². The monoisotopic (exact) mass is 166 g/mol. The van der Waals surface area contributed by atoms with Crippen LogP contribution in [-0.2, 0) is 4.79 Å². The average Bonchev–Trinajstić information content (AvgIpc) is 2.24. The molecule has 0 radical (unpaired) electrons. The van der Waals surface area contributed by atoms with E-state index in [4.69, 9.17) is 0 Å². The lowest BCUT2D eigenvalue weighted by Gasteiger charge is -2.25. The van der Waals surface area contributed by atoms with Crippen LogP contribution in [0.1, 0.15) is 32.1 Å². The zero-order chi connectivity index (χ0) is 8.60. The molecule has 2 aliphatic rings. The molecule has 2 unspecified atom stereocenters. The molecule has 0 amide bonds. The minimum Gasteiger partial charge on any atom is -0.385 e. The Morgan fingerprint density at radius 2 is 2.25 bits per heavy atom. The number of hydrogen-bond acceptors (Lipinski definition) is 2. The summed E-state index contributed by atoms with van der Waals surface area (Å²) in [6.07, 6.45) is 8.16. The molecule has 0 aromatic carbocycles. The predicted octanol–water partition coefficient (Wildman–Crippen LogP) is 1.44. The fourth-order valence-corrected chi connectivity index (χ4v) is 2.29. The summed E-state index contributed by atoms with van der Waals surface area (Å²) < 4.78 is 0. The van der Waals surface area contributed by atoms with Gasteiger partial charge >= 0.3 is 0 Å². The van der Waals surface area contributed by atoms with Gasteiger partial charge in [0.2, 0.25) is 0 Å². The first-order chi connectivity index (χ1) is 5.72. The van der Waals surface area contributed by atoms with Gasteiger partial charge in [-0.1, -0.05) is 19.3 Å². The molecule has 12 heavy (non-hydrogen) atoms. The van der Waals surface area contributed by atoms with Crippen molar-refractivity contribution >= 4 is 5.78 Å². The fraction of sp³-hybridized carbons (Fsp3) is 0.700. The zero-order valence-electron chi connectivity index (χ0n) is 7.12. The van der Waals surface area contributed by atoms with Crippen LogP contribution in [0.3, 0.4) is 0 Å². The Hall–Kier alpha value is -0.630. The van der Waals surface area contributed by atoms with Crippen molar-refractivity contribution < 1.29 is 9.90 Å². The molecule has 66 valence electrons. The van der Waals surface area contributed by atoms with Crippen molar-refractivity contribution in [3.63, 3.8) is 0 Å². The third-order valence-electron chi connectivity index (χ3n) is 3.05. The van der Waals surface area contributed by atoms with E-state index in [1.165, 1.54) is 0 Å². The summed E-state index contributed by atoms with van der Waals surface area (Å²) in [6, 6.07) is 0. The molecule has 0 aliphatic heterocycles. The molecular formula is C10H14O2. The molecular weight excluding hydrogens is 152 g/mol. The molecule has 1 N–H and O–H groups in total. The van der Waals surface area contributed by atoms with Crippen molar-refractivity contribution in [2.45, 2.75) is 37.7 Å². The largest absolute Gasteiger partial charge is 0.385 e. The van der Waals surface area contributed by atoms with Crippen molar-refractivity contribution in [3.05, 3.63) is 12.2 Å². The van der Waals surface area contributed by atoms with E-state index in [0.717, 1.165) is 32.1 Å². The molecule has 0 spiro atoms.